The normalized spacial score (nSPS) is 24.4. The highest BCUT2D eigenvalue weighted by Gasteiger charge is 2.36. The molecular weight excluding hydrogens is 278 g/mol. The van der Waals surface area contributed by atoms with Gasteiger partial charge < -0.3 is 5.11 Å². The third-order valence-corrected chi connectivity index (χ3v) is 5.40. The van der Waals surface area contributed by atoms with Gasteiger partial charge in [0.25, 0.3) is 10.0 Å². The number of aryl methyl sites for hydroxylation is 2. The van der Waals surface area contributed by atoms with Crippen molar-refractivity contribution in [3.63, 3.8) is 0 Å². The number of aromatic nitrogens is 2. The molecule has 2 N–H and O–H groups in total. The molecule has 1 atom stereocenters. The van der Waals surface area contributed by atoms with Crippen molar-refractivity contribution >= 4 is 10.0 Å². The summed E-state index contributed by atoms with van der Waals surface area (Å²) in [7, 11) is -3.56. The van der Waals surface area contributed by atoms with Gasteiger partial charge in [0.2, 0.25) is 0 Å². The first-order chi connectivity index (χ1) is 9.37. The lowest BCUT2D eigenvalue weighted by atomic mass is 9.77. The maximum Gasteiger partial charge on any atom is 0.257 e. The fourth-order valence-electron chi connectivity index (χ4n) is 2.70. The molecule has 1 fully saturated rings. The molecule has 0 spiro atoms. The van der Waals surface area contributed by atoms with E-state index < -0.39 is 10.0 Å². The average molecular weight is 301 g/mol. The first kappa shape index (κ1) is 15.5. The molecule has 0 unspecified atom stereocenters. The van der Waals surface area contributed by atoms with Crippen molar-refractivity contribution in [1.29, 1.82) is 0 Å². The molecule has 20 heavy (non-hydrogen) atoms. The predicted octanol–water partition coefficient (Wildman–Crippen LogP) is 1.04. The first-order valence-electron chi connectivity index (χ1n) is 7.12. The van der Waals surface area contributed by atoms with Crippen LogP contribution in [0.25, 0.3) is 0 Å². The van der Waals surface area contributed by atoms with E-state index in [0.717, 1.165) is 6.42 Å². The second kappa shape index (κ2) is 5.83. The standard InChI is InChI=1S/C13H23N3O3S/c1-4-12(10-7-11(17)8-10)15-20(18,19)13-6-9(3)14-16(13)5-2/h6,10-12,15,17H,4-5,7-8H2,1-3H3/t10?,11?,12-/m1/s1. The minimum absolute atomic E-state index is 0.121. The number of rotatable bonds is 6. The number of sulfonamides is 1. The van der Waals surface area contributed by atoms with Crippen LogP contribution in [0.2, 0.25) is 0 Å². The summed E-state index contributed by atoms with van der Waals surface area (Å²) < 4.78 is 29.2. The Morgan fingerprint density at radius 2 is 2.15 bits per heavy atom. The largest absolute Gasteiger partial charge is 0.393 e. The van der Waals surface area contributed by atoms with Crippen LogP contribution in [0.5, 0.6) is 0 Å². The Kier molecular flexibility index (Phi) is 4.51. The molecule has 2 rings (SSSR count). The third-order valence-electron chi connectivity index (χ3n) is 3.91. The van der Waals surface area contributed by atoms with Crippen molar-refractivity contribution in [3.05, 3.63) is 11.8 Å². The zero-order valence-electron chi connectivity index (χ0n) is 12.2. The smallest absolute Gasteiger partial charge is 0.257 e. The van der Waals surface area contributed by atoms with Gasteiger partial charge in [-0.15, -0.1) is 0 Å². The van der Waals surface area contributed by atoms with Gasteiger partial charge >= 0.3 is 0 Å². The van der Waals surface area contributed by atoms with Crippen LogP contribution in [0, 0.1) is 12.8 Å². The molecule has 0 radical (unpaired) electrons. The van der Waals surface area contributed by atoms with E-state index in [4.69, 9.17) is 0 Å². The highest BCUT2D eigenvalue weighted by molar-refractivity contribution is 7.89. The fourth-order valence-corrected chi connectivity index (χ4v) is 4.35. The molecule has 6 nitrogen and oxygen atoms in total. The molecule has 1 heterocycles. The molecule has 0 aromatic carbocycles. The SMILES string of the molecule is CC[C@@H](NS(=O)(=O)c1cc(C)nn1CC)C1CC(O)C1. The van der Waals surface area contributed by atoms with Crippen LogP contribution in [0.15, 0.2) is 11.1 Å². The lowest BCUT2D eigenvalue weighted by Gasteiger charge is -2.37. The number of nitrogens with zero attached hydrogens (tertiary/aromatic N) is 2. The van der Waals surface area contributed by atoms with E-state index in [0.29, 0.717) is 25.1 Å². The van der Waals surface area contributed by atoms with Crippen molar-refractivity contribution in [3.8, 4) is 0 Å². The number of nitrogens with one attached hydrogen (secondary N) is 1. The Morgan fingerprint density at radius 1 is 1.50 bits per heavy atom. The van der Waals surface area contributed by atoms with E-state index in [2.05, 4.69) is 9.82 Å². The van der Waals surface area contributed by atoms with E-state index in [-0.39, 0.29) is 23.1 Å². The summed E-state index contributed by atoms with van der Waals surface area (Å²) in [5, 5.41) is 13.8. The number of aliphatic hydroxyl groups is 1. The molecule has 114 valence electrons. The molecule has 1 aromatic rings. The van der Waals surface area contributed by atoms with Gasteiger partial charge in [-0.2, -0.15) is 5.10 Å². The Bertz CT molecular complexity index is 561. The van der Waals surface area contributed by atoms with Crippen LogP contribution >= 0.6 is 0 Å². The Morgan fingerprint density at radius 3 is 2.65 bits per heavy atom. The van der Waals surface area contributed by atoms with Crippen LogP contribution < -0.4 is 4.72 Å². The van der Waals surface area contributed by atoms with Crippen molar-refractivity contribution in [2.45, 2.75) is 63.8 Å². The third kappa shape index (κ3) is 3.05. The lowest BCUT2D eigenvalue weighted by molar-refractivity contribution is 0.0277. The minimum atomic E-state index is -3.56. The van der Waals surface area contributed by atoms with Crippen molar-refractivity contribution in [1.82, 2.24) is 14.5 Å². The van der Waals surface area contributed by atoms with E-state index in [1.807, 2.05) is 13.8 Å². The van der Waals surface area contributed by atoms with Crippen LogP contribution in [-0.4, -0.2) is 35.5 Å². The van der Waals surface area contributed by atoms with Gasteiger partial charge in [0, 0.05) is 12.6 Å². The van der Waals surface area contributed by atoms with Crippen molar-refractivity contribution < 1.29 is 13.5 Å². The van der Waals surface area contributed by atoms with Crippen molar-refractivity contribution in [2.75, 3.05) is 0 Å². The van der Waals surface area contributed by atoms with Crippen molar-refractivity contribution in [2.24, 2.45) is 5.92 Å². The molecule has 1 aliphatic carbocycles. The zero-order valence-corrected chi connectivity index (χ0v) is 13.0. The van der Waals surface area contributed by atoms with Gasteiger partial charge in [0.15, 0.2) is 5.03 Å². The summed E-state index contributed by atoms with van der Waals surface area (Å²) in [6.07, 6.45) is 1.79. The molecule has 0 bridgehead atoms. The van der Waals surface area contributed by atoms with Gasteiger partial charge in [0.1, 0.15) is 0 Å². The zero-order chi connectivity index (χ0) is 14.9. The topological polar surface area (TPSA) is 84.2 Å². The molecule has 0 saturated heterocycles. The second-order valence-corrected chi connectivity index (χ2v) is 7.12. The summed E-state index contributed by atoms with van der Waals surface area (Å²) in [6, 6.07) is 1.47. The second-order valence-electron chi connectivity index (χ2n) is 5.46. The minimum Gasteiger partial charge on any atom is -0.393 e. The molecule has 0 amide bonds. The summed E-state index contributed by atoms with van der Waals surface area (Å²) in [6.45, 7) is 6.12. The molecule has 7 heteroatoms. The Labute approximate surface area is 120 Å². The number of aliphatic hydroxyl groups excluding tert-OH is 1. The molecule has 1 saturated carbocycles. The van der Waals surface area contributed by atoms with Crippen LogP contribution in [0.4, 0.5) is 0 Å². The number of hydrogen-bond donors (Lipinski definition) is 2. The predicted molar refractivity (Wildman–Crippen MR) is 75.8 cm³/mol. The van der Waals surface area contributed by atoms with Crippen LogP contribution in [0.1, 0.15) is 38.8 Å². The van der Waals surface area contributed by atoms with E-state index >= 15 is 0 Å². The van der Waals surface area contributed by atoms with E-state index in [9.17, 15) is 13.5 Å². The lowest BCUT2D eigenvalue weighted by Crippen LogP contribution is -2.46. The summed E-state index contributed by atoms with van der Waals surface area (Å²) >= 11 is 0. The molecule has 0 aliphatic heterocycles. The highest BCUT2D eigenvalue weighted by Crippen LogP contribution is 2.32. The van der Waals surface area contributed by atoms with E-state index in [1.54, 1.807) is 13.0 Å². The van der Waals surface area contributed by atoms with Gasteiger partial charge in [-0.1, -0.05) is 6.92 Å². The first-order valence-corrected chi connectivity index (χ1v) is 8.60. The quantitative estimate of drug-likeness (QED) is 0.822. The Balaban J connectivity index is 2.17. The summed E-state index contributed by atoms with van der Waals surface area (Å²) in [5.74, 6) is 0.226. The van der Waals surface area contributed by atoms with Crippen LogP contribution in [0.3, 0.4) is 0 Å². The van der Waals surface area contributed by atoms with Gasteiger partial charge in [-0.25, -0.2) is 13.1 Å². The van der Waals surface area contributed by atoms with Gasteiger partial charge in [-0.05, 0) is 45.1 Å². The van der Waals surface area contributed by atoms with E-state index in [1.165, 1.54) is 4.68 Å². The average Bonchev–Trinajstić information content (AvgIpc) is 2.74. The van der Waals surface area contributed by atoms with Crippen LogP contribution in [-0.2, 0) is 16.6 Å². The number of hydrogen-bond acceptors (Lipinski definition) is 4. The summed E-state index contributed by atoms with van der Waals surface area (Å²) in [4.78, 5) is 0. The highest BCUT2D eigenvalue weighted by atomic mass is 32.2. The summed E-state index contributed by atoms with van der Waals surface area (Å²) in [5.41, 5.74) is 0.694. The van der Waals surface area contributed by atoms with Gasteiger partial charge in [0.05, 0.1) is 11.8 Å². The molecule has 1 aromatic heterocycles. The maximum atomic E-state index is 12.5. The maximum absolute atomic E-state index is 12.5. The monoisotopic (exact) mass is 301 g/mol. The Hall–Kier alpha value is -0.920. The molecule has 1 aliphatic rings. The fraction of sp³-hybridized carbons (Fsp3) is 0.769. The van der Waals surface area contributed by atoms with Gasteiger partial charge in [-0.3, -0.25) is 4.68 Å². The molecular formula is C13H23N3O3S.